The Kier molecular flexibility index (Phi) is 2.58. The second-order valence-electron chi connectivity index (χ2n) is 3.13. The molecule has 0 unspecified atom stereocenters. The van der Waals surface area contributed by atoms with Gasteiger partial charge in [-0.1, -0.05) is 15.9 Å². The van der Waals surface area contributed by atoms with E-state index < -0.39 is 0 Å². The maximum atomic E-state index is 4.43. The van der Waals surface area contributed by atoms with Gasteiger partial charge in [-0.15, -0.1) is 0 Å². The van der Waals surface area contributed by atoms with Crippen LogP contribution in [0.25, 0.3) is 10.9 Å². The smallest absolute Gasteiger partial charge is 0.127 e. The van der Waals surface area contributed by atoms with Crippen molar-refractivity contribution in [1.29, 1.82) is 0 Å². The normalized spacial score (nSPS) is 10.9. The van der Waals surface area contributed by atoms with Gasteiger partial charge in [-0.2, -0.15) is 0 Å². The number of aryl methyl sites for hydroxylation is 2. The van der Waals surface area contributed by atoms with Crippen molar-refractivity contribution < 1.29 is 0 Å². The fourth-order valence-corrected chi connectivity index (χ4v) is 2.27. The Hall–Kier alpha value is -0.480. The van der Waals surface area contributed by atoms with Crippen LogP contribution in [0.1, 0.15) is 11.4 Å². The average molecular weight is 316 g/mol. The van der Waals surface area contributed by atoms with Crippen molar-refractivity contribution in [3.8, 4) is 0 Å². The predicted octanol–water partition coefficient (Wildman–Crippen LogP) is 3.77. The molecule has 1 aromatic heterocycles. The number of rotatable bonds is 0. The Bertz CT molecular complexity index is 509. The van der Waals surface area contributed by atoms with Crippen LogP contribution >= 0.6 is 31.9 Å². The van der Waals surface area contributed by atoms with Crippen molar-refractivity contribution in [3.05, 3.63) is 32.6 Å². The maximum Gasteiger partial charge on any atom is 0.127 e. The van der Waals surface area contributed by atoms with E-state index in [1.807, 2.05) is 26.0 Å². The molecule has 0 saturated heterocycles. The zero-order valence-electron chi connectivity index (χ0n) is 7.81. The molecule has 1 aromatic carbocycles. The topological polar surface area (TPSA) is 25.8 Å². The van der Waals surface area contributed by atoms with Gasteiger partial charge in [-0.05, 0) is 47.5 Å². The van der Waals surface area contributed by atoms with Gasteiger partial charge in [0.2, 0.25) is 0 Å². The minimum Gasteiger partial charge on any atom is -0.233 e. The summed E-state index contributed by atoms with van der Waals surface area (Å²) in [5.41, 5.74) is 2.15. The van der Waals surface area contributed by atoms with Crippen LogP contribution in [0, 0.1) is 13.8 Å². The van der Waals surface area contributed by atoms with E-state index in [1.54, 1.807) is 0 Å². The summed E-state index contributed by atoms with van der Waals surface area (Å²) in [6, 6.07) is 4.02. The zero-order chi connectivity index (χ0) is 10.3. The molecule has 0 radical (unpaired) electrons. The SMILES string of the molecule is Cc1nc(Br)c2ccc(Br)c(C)c2n1. The van der Waals surface area contributed by atoms with E-state index in [2.05, 4.69) is 41.8 Å². The van der Waals surface area contributed by atoms with Gasteiger partial charge in [0.25, 0.3) is 0 Å². The van der Waals surface area contributed by atoms with Gasteiger partial charge < -0.3 is 0 Å². The molecule has 0 spiro atoms. The summed E-state index contributed by atoms with van der Waals surface area (Å²) < 4.78 is 1.94. The minimum atomic E-state index is 0.783. The molecular formula is C10H8Br2N2. The van der Waals surface area contributed by atoms with E-state index in [4.69, 9.17) is 0 Å². The predicted molar refractivity (Wildman–Crippen MR) is 64.4 cm³/mol. The Morgan fingerprint density at radius 1 is 1.07 bits per heavy atom. The summed E-state index contributed by atoms with van der Waals surface area (Å²) in [6.45, 7) is 3.94. The van der Waals surface area contributed by atoms with Crippen molar-refractivity contribution in [1.82, 2.24) is 9.97 Å². The molecule has 2 rings (SSSR count). The lowest BCUT2D eigenvalue weighted by Gasteiger charge is -2.05. The molecule has 0 aliphatic heterocycles. The number of hydrogen-bond donors (Lipinski definition) is 0. The van der Waals surface area contributed by atoms with Crippen LogP contribution in [0.5, 0.6) is 0 Å². The van der Waals surface area contributed by atoms with E-state index in [1.165, 1.54) is 0 Å². The molecule has 0 aliphatic rings. The van der Waals surface area contributed by atoms with Crippen molar-refractivity contribution >= 4 is 42.8 Å². The van der Waals surface area contributed by atoms with Crippen molar-refractivity contribution in [2.24, 2.45) is 0 Å². The maximum absolute atomic E-state index is 4.43. The molecule has 0 atom stereocenters. The lowest BCUT2D eigenvalue weighted by molar-refractivity contribution is 1.07. The summed E-state index contributed by atoms with van der Waals surface area (Å²) >= 11 is 6.93. The van der Waals surface area contributed by atoms with Crippen molar-refractivity contribution in [2.75, 3.05) is 0 Å². The average Bonchev–Trinajstić information content (AvgIpc) is 2.12. The summed E-state index contributed by atoms with van der Waals surface area (Å²) in [6.07, 6.45) is 0. The quantitative estimate of drug-likeness (QED) is 0.692. The summed E-state index contributed by atoms with van der Waals surface area (Å²) in [5.74, 6) is 0.783. The first kappa shape index (κ1) is 10.1. The highest BCUT2D eigenvalue weighted by Crippen LogP contribution is 2.28. The van der Waals surface area contributed by atoms with E-state index in [0.29, 0.717) is 0 Å². The number of fused-ring (bicyclic) bond motifs is 1. The van der Waals surface area contributed by atoms with E-state index in [9.17, 15) is 0 Å². The zero-order valence-corrected chi connectivity index (χ0v) is 11.0. The standard InChI is InChI=1S/C10H8Br2N2/c1-5-8(11)4-3-7-9(5)13-6(2)14-10(7)12/h3-4H,1-2H3. The Morgan fingerprint density at radius 3 is 2.50 bits per heavy atom. The van der Waals surface area contributed by atoms with Crippen molar-refractivity contribution in [2.45, 2.75) is 13.8 Å². The first-order valence-electron chi connectivity index (χ1n) is 4.18. The Labute approximate surface area is 99.0 Å². The lowest BCUT2D eigenvalue weighted by Crippen LogP contribution is -1.93. The summed E-state index contributed by atoms with van der Waals surface area (Å²) in [7, 11) is 0. The van der Waals surface area contributed by atoms with Gasteiger partial charge >= 0.3 is 0 Å². The van der Waals surface area contributed by atoms with Gasteiger partial charge in [-0.3, -0.25) is 0 Å². The number of benzene rings is 1. The molecule has 2 nitrogen and oxygen atoms in total. The molecule has 0 amide bonds. The van der Waals surface area contributed by atoms with Gasteiger partial charge in [-0.25, -0.2) is 9.97 Å². The molecule has 0 saturated carbocycles. The van der Waals surface area contributed by atoms with E-state index in [-0.39, 0.29) is 0 Å². The number of nitrogens with zero attached hydrogens (tertiary/aromatic N) is 2. The van der Waals surface area contributed by atoms with Gasteiger partial charge in [0.1, 0.15) is 10.4 Å². The molecule has 2 aromatic rings. The highest BCUT2D eigenvalue weighted by atomic mass is 79.9. The van der Waals surface area contributed by atoms with E-state index in [0.717, 1.165) is 31.4 Å². The minimum absolute atomic E-state index is 0.783. The molecule has 4 heteroatoms. The Balaban J connectivity index is 2.95. The number of halogens is 2. The third kappa shape index (κ3) is 1.57. The molecule has 1 heterocycles. The summed E-state index contributed by atoms with van der Waals surface area (Å²) in [5, 5.41) is 1.05. The monoisotopic (exact) mass is 314 g/mol. The van der Waals surface area contributed by atoms with Crippen LogP contribution in [0.15, 0.2) is 21.2 Å². The highest BCUT2D eigenvalue weighted by Gasteiger charge is 2.07. The molecule has 72 valence electrons. The van der Waals surface area contributed by atoms with Crippen molar-refractivity contribution in [3.63, 3.8) is 0 Å². The summed E-state index contributed by atoms with van der Waals surface area (Å²) in [4.78, 5) is 8.69. The number of aromatic nitrogens is 2. The molecule has 0 bridgehead atoms. The van der Waals surface area contributed by atoms with Crippen LogP contribution in [0.3, 0.4) is 0 Å². The molecule has 0 fully saturated rings. The van der Waals surface area contributed by atoms with Crippen LogP contribution in [0.4, 0.5) is 0 Å². The third-order valence-electron chi connectivity index (χ3n) is 2.12. The molecular weight excluding hydrogens is 308 g/mol. The van der Waals surface area contributed by atoms with Crippen LogP contribution < -0.4 is 0 Å². The molecule has 14 heavy (non-hydrogen) atoms. The van der Waals surface area contributed by atoms with E-state index >= 15 is 0 Å². The second kappa shape index (κ2) is 3.59. The second-order valence-corrected chi connectivity index (χ2v) is 4.74. The Morgan fingerprint density at radius 2 is 1.79 bits per heavy atom. The van der Waals surface area contributed by atoms with Crippen LogP contribution in [-0.2, 0) is 0 Å². The third-order valence-corrected chi connectivity index (χ3v) is 3.58. The largest absolute Gasteiger partial charge is 0.233 e. The van der Waals surface area contributed by atoms with Gasteiger partial charge in [0.05, 0.1) is 5.52 Å². The molecule has 0 N–H and O–H groups in total. The highest BCUT2D eigenvalue weighted by molar-refractivity contribution is 9.10. The first-order chi connectivity index (χ1) is 6.59. The number of hydrogen-bond acceptors (Lipinski definition) is 2. The first-order valence-corrected chi connectivity index (χ1v) is 5.77. The van der Waals surface area contributed by atoms with Crippen LogP contribution in [0.2, 0.25) is 0 Å². The van der Waals surface area contributed by atoms with Crippen LogP contribution in [-0.4, -0.2) is 9.97 Å². The van der Waals surface area contributed by atoms with Gasteiger partial charge in [0, 0.05) is 9.86 Å². The van der Waals surface area contributed by atoms with Gasteiger partial charge in [0.15, 0.2) is 0 Å². The molecule has 0 aliphatic carbocycles. The fourth-order valence-electron chi connectivity index (χ4n) is 1.38. The lowest BCUT2D eigenvalue weighted by atomic mass is 10.1. The fraction of sp³-hybridized carbons (Fsp3) is 0.200.